The number of hydrogen-bond acceptors (Lipinski definition) is 4. The molecule has 0 aromatic carbocycles. The second kappa shape index (κ2) is 6.43. The van der Waals surface area contributed by atoms with Crippen LogP contribution in [0.25, 0.3) is 0 Å². The fourth-order valence-corrected chi connectivity index (χ4v) is 4.96. The van der Waals surface area contributed by atoms with E-state index in [1.165, 1.54) is 12.8 Å². The van der Waals surface area contributed by atoms with Gasteiger partial charge in [0.25, 0.3) is 0 Å². The van der Waals surface area contributed by atoms with E-state index in [1.807, 2.05) is 16.7 Å². The highest BCUT2D eigenvalue weighted by molar-refractivity contribution is 5.77. The lowest BCUT2D eigenvalue weighted by atomic mass is 9.78. The van der Waals surface area contributed by atoms with E-state index in [9.17, 15) is 9.59 Å². The lowest BCUT2D eigenvalue weighted by Gasteiger charge is -2.56. The molecule has 25 heavy (non-hydrogen) atoms. The first-order valence-corrected chi connectivity index (χ1v) is 9.69. The number of nitrogens with one attached hydrogen (secondary N) is 1. The number of rotatable bonds is 6. The fraction of sp³-hybridized carbons (Fsp3) is 0.889. The number of carboxylic acids is 1. The van der Waals surface area contributed by atoms with Gasteiger partial charge in [-0.3, -0.25) is 9.69 Å². The van der Waals surface area contributed by atoms with Crippen LogP contribution in [0.1, 0.15) is 45.4 Å². The van der Waals surface area contributed by atoms with Crippen LogP contribution in [-0.4, -0.2) is 76.9 Å². The average Bonchev–Trinajstić information content (AvgIpc) is 3.19. The van der Waals surface area contributed by atoms with E-state index < -0.39 is 5.97 Å². The van der Waals surface area contributed by atoms with Gasteiger partial charge >= 0.3 is 12.0 Å². The Kier molecular flexibility index (Phi) is 4.40. The number of aliphatic carboxylic acids is 1. The summed E-state index contributed by atoms with van der Waals surface area (Å²) in [6.07, 6.45) is 6.31. The van der Waals surface area contributed by atoms with Crippen LogP contribution in [0.5, 0.6) is 0 Å². The summed E-state index contributed by atoms with van der Waals surface area (Å²) >= 11 is 0. The first kappa shape index (κ1) is 17.1. The number of carbonyl (C=O) groups is 2. The van der Waals surface area contributed by atoms with Gasteiger partial charge in [-0.15, -0.1) is 0 Å². The van der Waals surface area contributed by atoms with Crippen LogP contribution in [0.15, 0.2) is 0 Å². The molecule has 2 aliphatic carbocycles. The van der Waals surface area contributed by atoms with Gasteiger partial charge in [-0.2, -0.15) is 0 Å². The molecule has 2 aliphatic heterocycles. The molecule has 2 unspecified atom stereocenters. The maximum Gasteiger partial charge on any atom is 0.318 e. The third-order valence-electron chi connectivity index (χ3n) is 6.48. The summed E-state index contributed by atoms with van der Waals surface area (Å²) in [6.45, 7) is 4.36. The molecule has 0 aromatic rings. The molecule has 4 fully saturated rings. The maximum absolute atomic E-state index is 12.7. The van der Waals surface area contributed by atoms with Crippen LogP contribution >= 0.6 is 0 Å². The van der Waals surface area contributed by atoms with Crippen LogP contribution in [0.4, 0.5) is 4.79 Å². The minimum Gasteiger partial charge on any atom is -0.480 e. The highest BCUT2D eigenvalue weighted by Crippen LogP contribution is 2.51. The first-order chi connectivity index (χ1) is 12.0. The molecule has 4 rings (SSSR count). The van der Waals surface area contributed by atoms with Gasteiger partial charge in [0.2, 0.25) is 0 Å². The van der Waals surface area contributed by atoms with Crippen molar-refractivity contribution in [2.45, 2.75) is 69.2 Å². The molecular formula is C18H29N3O4. The van der Waals surface area contributed by atoms with E-state index in [2.05, 4.69) is 5.32 Å². The Balaban J connectivity index is 1.27. The number of nitrogens with zero attached hydrogens (tertiary/aromatic N) is 2. The largest absolute Gasteiger partial charge is 0.480 e. The van der Waals surface area contributed by atoms with Gasteiger partial charge in [-0.1, -0.05) is 6.92 Å². The van der Waals surface area contributed by atoms with Gasteiger partial charge in [0.1, 0.15) is 5.60 Å². The molecule has 7 heteroatoms. The van der Waals surface area contributed by atoms with Gasteiger partial charge in [0.15, 0.2) is 0 Å². The molecule has 2 N–H and O–H groups in total. The van der Waals surface area contributed by atoms with Crippen molar-refractivity contribution in [3.63, 3.8) is 0 Å². The average molecular weight is 351 g/mol. The van der Waals surface area contributed by atoms with Gasteiger partial charge in [0, 0.05) is 18.7 Å². The SMILES string of the molecule is CCN(CC(=O)O)C1CC(NC(=O)N2CC3(CCCO3)C2C2CC2)C1. The number of hydrogen-bond donors (Lipinski definition) is 2. The Morgan fingerprint density at radius 1 is 1.36 bits per heavy atom. The molecule has 2 heterocycles. The third-order valence-corrected chi connectivity index (χ3v) is 6.48. The van der Waals surface area contributed by atoms with Crippen molar-refractivity contribution in [1.29, 1.82) is 0 Å². The number of ether oxygens (including phenoxy) is 1. The Bertz CT molecular complexity index is 538. The number of amides is 2. The highest BCUT2D eigenvalue weighted by atomic mass is 16.5. The topological polar surface area (TPSA) is 82.1 Å². The summed E-state index contributed by atoms with van der Waals surface area (Å²) in [5, 5.41) is 12.1. The molecule has 2 saturated carbocycles. The zero-order chi connectivity index (χ0) is 17.6. The van der Waals surface area contributed by atoms with E-state index in [0.29, 0.717) is 5.92 Å². The number of urea groups is 1. The van der Waals surface area contributed by atoms with Crippen molar-refractivity contribution < 1.29 is 19.4 Å². The van der Waals surface area contributed by atoms with E-state index in [4.69, 9.17) is 9.84 Å². The molecule has 2 amide bonds. The normalized spacial score (nSPS) is 37.0. The molecule has 7 nitrogen and oxygen atoms in total. The molecule has 140 valence electrons. The minimum atomic E-state index is -0.788. The fourth-order valence-electron chi connectivity index (χ4n) is 4.96. The van der Waals surface area contributed by atoms with Crippen molar-refractivity contribution in [3.05, 3.63) is 0 Å². The van der Waals surface area contributed by atoms with Crippen LogP contribution < -0.4 is 5.32 Å². The summed E-state index contributed by atoms with van der Waals surface area (Å²) in [6, 6.07) is 0.751. The molecule has 4 aliphatic rings. The quantitative estimate of drug-likeness (QED) is 0.753. The van der Waals surface area contributed by atoms with Crippen molar-refractivity contribution >= 4 is 12.0 Å². The van der Waals surface area contributed by atoms with Crippen molar-refractivity contribution in [1.82, 2.24) is 15.1 Å². The van der Waals surface area contributed by atoms with Gasteiger partial charge in [0.05, 0.1) is 19.1 Å². The standard InChI is InChI=1S/C18H29N3O4/c1-2-20(10-15(22)23)14-8-13(9-14)19-17(24)21-11-18(6-3-7-25-18)16(21)12-4-5-12/h12-14,16H,2-11H2,1H3,(H,19,24)(H,22,23). The van der Waals surface area contributed by atoms with Gasteiger partial charge in [-0.05, 0) is 51.0 Å². The summed E-state index contributed by atoms with van der Waals surface area (Å²) in [7, 11) is 0. The highest BCUT2D eigenvalue weighted by Gasteiger charge is 2.62. The van der Waals surface area contributed by atoms with Crippen LogP contribution in [0.3, 0.4) is 0 Å². The molecular weight excluding hydrogens is 322 g/mol. The van der Waals surface area contributed by atoms with E-state index in [1.54, 1.807) is 0 Å². The molecule has 0 bridgehead atoms. The predicted octanol–water partition coefficient (Wildman–Crippen LogP) is 1.28. The summed E-state index contributed by atoms with van der Waals surface area (Å²) in [5.41, 5.74) is -0.0544. The lowest BCUT2D eigenvalue weighted by molar-refractivity contribution is -0.147. The number of carboxylic acid groups (broad SMARTS) is 1. The van der Waals surface area contributed by atoms with Crippen LogP contribution in [0, 0.1) is 5.92 Å². The second-order valence-electron chi connectivity index (χ2n) is 8.16. The number of likely N-dealkylation sites (N-methyl/N-ethyl adjacent to an activating group) is 1. The zero-order valence-electron chi connectivity index (χ0n) is 14.9. The molecule has 2 saturated heterocycles. The molecule has 0 aromatic heterocycles. The monoisotopic (exact) mass is 351 g/mol. The van der Waals surface area contributed by atoms with Gasteiger partial charge in [-0.25, -0.2) is 4.79 Å². The Morgan fingerprint density at radius 3 is 2.68 bits per heavy atom. The molecule has 2 atom stereocenters. The van der Waals surface area contributed by atoms with Crippen molar-refractivity contribution in [2.75, 3.05) is 26.2 Å². The number of carbonyl (C=O) groups excluding carboxylic acids is 1. The smallest absolute Gasteiger partial charge is 0.318 e. The van der Waals surface area contributed by atoms with Crippen molar-refractivity contribution in [2.24, 2.45) is 5.92 Å². The first-order valence-electron chi connectivity index (χ1n) is 9.69. The van der Waals surface area contributed by atoms with E-state index >= 15 is 0 Å². The van der Waals surface area contributed by atoms with E-state index in [0.717, 1.165) is 45.4 Å². The molecule has 1 spiro atoms. The second-order valence-corrected chi connectivity index (χ2v) is 8.16. The Hall–Kier alpha value is -1.34. The Labute approximate surface area is 148 Å². The summed E-state index contributed by atoms with van der Waals surface area (Å²) in [4.78, 5) is 27.6. The third kappa shape index (κ3) is 3.12. The predicted molar refractivity (Wildman–Crippen MR) is 91.4 cm³/mol. The van der Waals surface area contributed by atoms with E-state index in [-0.39, 0.29) is 36.3 Å². The summed E-state index contributed by atoms with van der Waals surface area (Å²) in [5.74, 6) is -0.165. The lowest BCUT2D eigenvalue weighted by Crippen LogP contribution is -2.74. The molecule has 0 radical (unpaired) electrons. The van der Waals surface area contributed by atoms with Crippen LogP contribution in [-0.2, 0) is 9.53 Å². The minimum absolute atomic E-state index is 0.0442. The van der Waals surface area contributed by atoms with Crippen LogP contribution in [0.2, 0.25) is 0 Å². The Morgan fingerprint density at radius 2 is 2.12 bits per heavy atom. The van der Waals surface area contributed by atoms with Crippen molar-refractivity contribution in [3.8, 4) is 0 Å². The van der Waals surface area contributed by atoms with Gasteiger partial charge < -0.3 is 20.1 Å². The maximum atomic E-state index is 12.7. The summed E-state index contributed by atoms with van der Waals surface area (Å²) < 4.78 is 6.03. The number of likely N-dealkylation sites (tertiary alicyclic amines) is 1. The zero-order valence-corrected chi connectivity index (χ0v) is 14.9.